The first kappa shape index (κ1) is 16.6. The molecule has 1 fully saturated rings. The molecule has 120 valence electrons. The van der Waals surface area contributed by atoms with Crippen molar-refractivity contribution in [3.8, 4) is 5.75 Å². The Labute approximate surface area is 134 Å². The molecule has 6 nitrogen and oxygen atoms in total. The fraction of sp³-hybridized carbons (Fsp3) is 0.533. The SMILES string of the molecule is CSCC[C@@H](NC(C)=O)C(=O)N1CC(Oc2cccnc2)C1. The molecule has 1 N–H and O–H groups in total. The third-order valence-electron chi connectivity index (χ3n) is 3.38. The van der Waals surface area contributed by atoms with Crippen LogP contribution < -0.4 is 10.1 Å². The predicted octanol–water partition coefficient (Wildman–Crippen LogP) is 0.929. The Balaban J connectivity index is 1.82. The molecule has 2 rings (SSSR count). The maximum Gasteiger partial charge on any atom is 0.245 e. The maximum absolute atomic E-state index is 12.4. The van der Waals surface area contributed by atoms with Crippen molar-refractivity contribution in [1.29, 1.82) is 0 Å². The highest BCUT2D eigenvalue weighted by Gasteiger charge is 2.35. The topological polar surface area (TPSA) is 71.5 Å². The fourth-order valence-electron chi connectivity index (χ4n) is 2.26. The van der Waals surface area contributed by atoms with E-state index in [1.807, 2.05) is 18.4 Å². The lowest BCUT2D eigenvalue weighted by Crippen LogP contribution is -2.60. The summed E-state index contributed by atoms with van der Waals surface area (Å²) >= 11 is 1.66. The van der Waals surface area contributed by atoms with E-state index in [1.165, 1.54) is 6.92 Å². The molecule has 0 aromatic carbocycles. The van der Waals surface area contributed by atoms with E-state index >= 15 is 0 Å². The molecule has 22 heavy (non-hydrogen) atoms. The zero-order valence-electron chi connectivity index (χ0n) is 12.8. The van der Waals surface area contributed by atoms with Crippen LogP contribution in [-0.2, 0) is 9.59 Å². The van der Waals surface area contributed by atoms with Gasteiger partial charge in [0.25, 0.3) is 0 Å². The highest BCUT2D eigenvalue weighted by molar-refractivity contribution is 7.98. The second-order valence-electron chi connectivity index (χ2n) is 5.21. The average molecular weight is 323 g/mol. The predicted molar refractivity (Wildman–Crippen MR) is 85.8 cm³/mol. The van der Waals surface area contributed by atoms with Gasteiger partial charge in [-0.25, -0.2) is 0 Å². The number of thioether (sulfide) groups is 1. The Morgan fingerprint density at radius 3 is 2.91 bits per heavy atom. The van der Waals surface area contributed by atoms with Gasteiger partial charge in [-0.1, -0.05) is 0 Å². The normalized spacial score (nSPS) is 15.8. The molecule has 2 amide bonds. The first-order chi connectivity index (χ1) is 10.6. The molecule has 1 aromatic heterocycles. The number of hydrogen-bond acceptors (Lipinski definition) is 5. The van der Waals surface area contributed by atoms with Crippen LogP contribution >= 0.6 is 11.8 Å². The Morgan fingerprint density at radius 1 is 1.55 bits per heavy atom. The minimum Gasteiger partial charge on any atom is -0.485 e. The van der Waals surface area contributed by atoms with E-state index in [2.05, 4.69) is 10.3 Å². The molecule has 1 atom stereocenters. The summed E-state index contributed by atoms with van der Waals surface area (Å²) in [5.41, 5.74) is 0. The van der Waals surface area contributed by atoms with E-state index in [-0.39, 0.29) is 17.9 Å². The van der Waals surface area contributed by atoms with Crippen LogP contribution in [0.3, 0.4) is 0 Å². The number of nitrogens with zero attached hydrogens (tertiary/aromatic N) is 2. The van der Waals surface area contributed by atoms with Crippen LogP contribution in [0.25, 0.3) is 0 Å². The number of pyridine rings is 1. The molecule has 1 aliphatic rings. The minimum atomic E-state index is -0.440. The average Bonchev–Trinajstić information content (AvgIpc) is 2.47. The molecule has 1 aromatic rings. The van der Waals surface area contributed by atoms with E-state index in [0.717, 1.165) is 5.75 Å². The first-order valence-electron chi connectivity index (χ1n) is 7.21. The Kier molecular flexibility index (Phi) is 6.06. The molecule has 7 heteroatoms. The summed E-state index contributed by atoms with van der Waals surface area (Å²) < 4.78 is 5.72. The number of ether oxygens (including phenoxy) is 1. The molecule has 0 spiro atoms. The summed E-state index contributed by atoms with van der Waals surface area (Å²) in [6.45, 7) is 2.52. The zero-order chi connectivity index (χ0) is 15.9. The summed E-state index contributed by atoms with van der Waals surface area (Å²) in [5.74, 6) is 1.33. The van der Waals surface area contributed by atoms with E-state index in [4.69, 9.17) is 4.74 Å². The first-order valence-corrected chi connectivity index (χ1v) is 8.61. The third kappa shape index (κ3) is 4.62. The molecular formula is C15H21N3O3S. The minimum absolute atomic E-state index is 0.00771. The molecule has 0 bridgehead atoms. The Hall–Kier alpha value is -1.76. The monoisotopic (exact) mass is 323 g/mol. The van der Waals surface area contributed by atoms with E-state index in [1.54, 1.807) is 29.1 Å². The van der Waals surface area contributed by atoms with Gasteiger partial charge < -0.3 is 15.0 Å². The third-order valence-corrected chi connectivity index (χ3v) is 4.03. The van der Waals surface area contributed by atoms with Crippen LogP contribution in [0.5, 0.6) is 5.75 Å². The van der Waals surface area contributed by atoms with Gasteiger partial charge in [0, 0.05) is 13.1 Å². The largest absolute Gasteiger partial charge is 0.485 e. The summed E-state index contributed by atoms with van der Waals surface area (Å²) in [4.78, 5) is 29.3. The molecule has 0 saturated carbocycles. The number of carbonyl (C=O) groups is 2. The van der Waals surface area contributed by atoms with Gasteiger partial charge in [-0.15, -0.1) is 0 Å². The zero-order valence-corrected chi connectivity index (χ0v) is 13.6. The van der Waals surface area contributed by atoms with Gasteiger partial charge in [-0.3, -0.25) is 14.6 Å². The number of amides is 2. The van der Waals surface area contributed by atoms with Crippen LogP contribution in [0.2, 0.25) is 0 Å². The molecule has 0 unspecified atom stereocenters. The van der Waals surface area contributed by atoms with Crippen LogP contribution in [0.15, 0.2) is 24.5 Å². The number of rotatable bonds is 7. The number of nitrogens with one attached hydrogen (secondary N) is 1. The number of aromatic nitrogens is 1. The smallest absolute Gasteiger partial charge is 0.245 e. The van der Waals surface area contributed by atoms with Gasteiger partial charge >= 0.3 is 0 Å². The van der Waals surface area contributed by atoms with Crippen molar-refractivity contribution in [2.24, 2.45) is 0 Å². The Morgan fingerprint density at radius 2 is 2.32 bits per heavy atom. The molecule has 2 heterocycles. The summed E-state index contributed by atoms with van der Waals surface area (Å²) in [5, 5.41) is 2.73. The molecule has 1 saturated heterocycles. The van der Waals surface area contributed by atoms with E-state index in [9.17, 15) is 9.59 Å². The van der Waals surface area contributed by atoms with E-state index < -0.39 is 6.04 Å². The van der Waals surface area contributed by atoms with Crippen molar-refractivity contribution in [3.05, 3.63) is 24.5 Å². The van der Waals surface area contributed by atoms with Crippen molar-refractivity contribution in [2.75, 3.05) is 25.1 Å². The lowest BCUT2D eigenvalue weighted by atomic mass is 10.1. The Bertz CT molecular complexity index is 506. The van der Waals surface area contributed by atoms with Crippen LogP contribution in [-0.4, -0.2) is 58.9 Å². The summed E-state index contributed by atoms with van der Waals surface area (Å²) in [6.07, 6.45) is 5.96. The summed E-state index contributed by atoms with van der Waals surface area (Å²) in [6, 6.07) is 3.21. The van der Waals surface area contributed by atoms with Gasteiger partial charge in [0.1, 0.15) is 17.9 Å². The van der Waals surface area contributed by atoms with Gasteiger partial charge in [0.05, 0.1) is 19.3 Å². The van der Waals surface area contributed by atoms with E-state index in [0.29, 0.717) is 25.3 Å². The van der Waals surface area contributed by atoms with Gasteiger partial charge in [-0.2, -0.15) is 11.8 Å². The second kappa shape index (κ2) is 8.03. The number of likely N-dealkylation sites (tertiary alicyclic amines) is 1. The second-order valence-corrected chi connectivity index (χ2v) is 6.19. The van der Waals surface area contributed by atoms with Gasteiger partial charge in [0.2, 0.25) is 11.8 Å². The van der Waals surface area contributed by atoms with Crippen molar-refractivity contribution >= 4 is 23.6 Å². The highest BCUT2D eigenvalue weighted by Crippen LogP contribution is 2.18. The standard InChI is InChI=1S/C15H21N3O3S/c1-11(19)17-14(5-7-22-2)15(20)18-9-13(10-18)21-12-4-3-6-16-8-12/h3-4,6,8,13-14H,5,7,9-10H2,1-2H3,(H,17,19)/t14-/m1/s1. The summed E-state index contributed by atoms with van der Waals surface area (Å²) in [7, 11) is 0. The van der Waals surface area contributed by atoms with Crippen LogP contribution in [0, 0.1) is 0 Å². The quantitative estimate of drug-likeness (QED) is 0.808. The molecule has 1 aliphatic heterocycles. The maximum atomic E-state index is 12.4. The fourth-order valence-corrected chi connectivity index (χ4v) is 2.73. The van der Waals surface area contributed by atoms with Gasteiger partial charge in [0.15, 0.2) is 0 Å². The molecule has 0 aliphatic carbocycles. The molecular weight excluding hydrogens is 302 g/mol. The van der Waals surface area contributed by atoms with Crippen molar-refractivity contribution in [3.63, 3.8) is 0 Å². The lowest BCUT2D eigenvalue weighted by molar-refractivity contribution is -0.144. The molecule has 0 radical (unpaired) electrons. The number of carbonyl (C=O) groups excluding carboxylic acids is 2. The lowest BCUT2D eigenvalue weighted by Gasteiger charge is -2.40. The highest BCUT2D eigenvalue weighted by atomic mass is 32.2. The van der Waals surface area contributed by atoms with Crippen LogP contribution in [0.1, 0.15) is 13.3 Å². The van der Waals surface area contributed by atoms with Crippen LogP contribution in [0.4, 0.5) is 0 Å². The van der Waals surface area contributed by atoms with Gasteiger partial charge in [-0.05, 0) is 30.6 Å². The van der Waals surface area contributed by atoms with Crippen molar-refractivity contribution in [1.82, 2.24) is 15.2 Å². The number of hydrogen-bond donors (Lipinski definition) is 1. The van der Waals surface area contributed by atoms with Crippen molar-refractivity contribution in [2.45, 2.75) is 25.5 Å². The van der Waals surface area contributed by atoms with Crippen molar-refractivity contribution < 1.29 is 14.3 Å².